The molecule has 0 unspecified atom stereocenters. The minimum Gasteiger partial charge on any atom is -0.0683 e. The number of aryl methyl sites for hydroxylation is 6. The normalized spacial score (nSPS) is 8.75. The van der Waals surface area contributed by atoms with Gasteiger partial charge in [-0.25, -0.2) is 0 Å². The summed E-state index contributed by atoms with van der Waals surface area (Å²) in [5, 5.41) is 0. The van der Waals surface area contributed by atoms with Gasteiger partial charge in [-0.1, -0.05) is 77.9 Å². The Labute approximate surface area is 152 Å². The summed E-state index contributed by atoms with van der Waals surface area (Å²) in [5.74, 6) is 0. The van der Waals surface area contributed by atoms with Crippen molar-refractivity contribution in [3.8, 4) is 0 Å². The van der Waals surface area contributed by atoms with E-state index in [2.05, 4.69) is 64.1 Å². The Morgan fingerprint density at radius 2 is 0.750 bits per heavy atom. The van der Waals surface area contributed by atoms with E-state index in [1.165, 1.54) is 33.4 Å². The summed E-state index contributed by atoms with van der Waals surface area (Å²) in [6.45, 7) is 20.7. The largest absolute Gasteiger partial charge is 0.0683 e. The monoisotopic (exact) mass is 328 g/mol. The van der Waals surface area contributed by atoms with E-state index in [1.807, 2.05) is 41.5 Å². The Balaban J connectivity index is 0. The van der Waals surface area contributed by atoms with E-state index in [9.17, 15) is 0 Å². The van der Waals surface area contributed by atoms with Crippen molar-refractivity contribution < 1.29 is 0 Å². The highest BCUT2D eigenvalue weighted by atomic mass is 14.1. The number of hydrogen-bond acceptors (Lipinski definition) is 0. The van der Waals surface area contributed by atoms with Crippen molar-refractivity contribution in [2.45, 2.75) is 82.1 Å². The van der Waals surface area contributed by atoms with Gasteiger partial charge in [0.15, 0.2) is 0 Å². The summed E-state index contributed by atoms with van der Waals surface area (Å²) in [5.41, 5.74) is 8.43. The van der Waals surface area contributed by atoms with Crippen LogP contribution >= 0.6 is 0 Å². The lowest BCUT2D eigenvalue weighted by atomic mass is 9.98. The van der Waals surface area contributed by atoms with E-state index in [4.69, 9.17) is 0 Å². The smallest absolute Gasteiger partial charge is 0.0238 e. The lowest BCUT2D eigenvalue weighted by Crippen LogP contribution is -1.94. The van der Waals surface area contributed by atoms with Crippen LogP contribution in [0.2, 0.25) is 0 Å². The molecule has 0 aliphatic heterocycles. The van der Waals surface area contributed by atoms with Crippen LogP contribution in [0, 0.1) is 27.7 Å². The molecule has 0 heterocycles. The van der Waals surface area contributed by atoms with Crippen LogP contribution in [0.4, 0.5) is 0 Å². The third kappa shape index (κ3) is 8.91. The van der Waals surface area contributed by atoms with E-state index in [-0.39, 0.29) is 0 Å². The molecule has 0 heteroatoms. The zero-order chi connectivity index (χ0) is 19.1. The molecule has 0 aliphatic carbocycles. The second kappa shape index (κ2) is 15.0. The predicted octanol–water partition coefficient (Wildman–Crippen LogP) is 7.78. The van der Waals surface area contributed by atoms with Crippen LogP contribution in [0.25, 0.3) is 0 Å². The molecule has 2 rings (SSSR count). The highest BCUT2D eigenvalue weighted by molar-refractivity contribution is 5.32. The van der Waals surface area contributed by atoms with Crippen LogP contribution in [0.15, 0.2) is 36.4 Å². The summed E-state index contributed by atoms with van der Waals surface area (Å²) < 4.78 is 0. The Bertz CT molecular complexity index is 498. The average Bonchev–Trinajstić information content (AvgIpc) is 2.64. The van der Waals surface area contributed by atoms with Crippen LogP contribution in [0.1, 0.15) is 74.9 Å². The van der Waals surface area contributed by atoms with Crippen LogP contribution < -0.4 is 0 Å². The maximum absolute atomic E-state index is 2.32. The van der Waals surface area contributed by atoms with Crippen LogP contribution in [0.3, 0.4) is 0 Å². The van der Waals surface area contributed by atoms with Crippen LogP contribution in [-0.4, -0.2) is 0 Å². The number of benzene rings is 2. The molecule has 0 aromatic heterocycles. The van der Waals surface area contributed by atoms with Gasteiger partial charge in [-0.15, -0.1) is 0 Å². The Kier molecular flexibility index (Phi) is 15.4. The van der Waals surface area contributed by atoms with Crippen molar-refractivity contribution in [1.82, 2.24) is 0 Å². The zero-order valence-electron chi connectivity index (χ0n) is 17.9. The van der Waals surface area contributed by atoms with Crippen molar-refractivity contribution in [3.05, 3.63) is 69.8 Å². The molecule has 24 heavy (non-hydrogen) atoms. The molecule has 0 radical (unpaired) electrons. The molecule has 2 aromatic rings. The lowest BCUT2D eigenvalue weighted by molar-refractivity contribution is 0.953. The summed E-state index contributed by atoms with van der Waals surface area (Å²) in [7, 11) is 0. The Hall–Kier alpha value is -1.56. The molecule has 0 fully saturated rings. The highest BCUT2D eigenvalue weighted by Gasteiger charge is 2.00. The second-order valence-electron chi connectivity index (χ2n) is 5.34. The van der Waals surface area contributed by atoms with Crippen molar-refractivity contribution in [2.24, 2.45) is 0 Å². The van der Waals surface area contributed by atoms with E-state index in [0.717, 1.165) is 12.8 Å². The second-order valence-corrected chi connectivity index (χ2v) is 5.34. The maximum atomic E-state index is 2.32. The maximum Gasteiger partial charge on any atom is -0.0238 e. The molecule has 136 valence electrons. The summed E-state index contributed by atoms with van der Waals surface area (Å²) in [4.78, 5) is 0. The van der Waals surface area contributed by atoms with Gasteiger partial charge in [0, 0.05) is 0 Å². The standard InChI is InChI=1S/C18H22.3C2H6/c1-13-5-7-17(11-15(13)3)9-10-18-8-6-14(2)16(4)12-18;3*1-2/h5-8,11-12H,9-10H2,1-4H3;3*1-2H3. The first-order valence-corrected chi connectivity index (χ1v) is 9.68. The molecule has 0 amide bonds. The molecule has 0 saturated carbocycles. The predicted molar refractivity (Wildman–Crippen MR) is 113 cm³/mol. The fraction of sp³-hybridized carbons (Fsp3) is 0.500. The molecule has 0 bridgehead atoms. The molecular formula is C24H40. The van der Waals surface area contributed by atoms with E-state index < -0.39 is 0 Å². The van der Waals surface area contributed by atoms with Gasteiger partial charge in [-0.2, -0.15) is 0 Å². The third-order valence-electron chi connectivity index (χ3n) is 3.84. The minimum absolute atomic E-state index is 1.13. The molecule has 0 N–H and O–H groups in total. The highest BCUT2D eigenvalue weighted by Crippen LogP contribution is 2.15. The first-order valence-electron chi connectivity index (χ1n) is 9.68. The third-order valence-corrected chi connectivity index (χ3v) is 3.84. The SMILES string of the molecule is CC.CC.CC.Cc1ccc(CCc2ccc(C)c(C)c2)cc1C. The van der Waals surface area contributed by atoms with Crippen molar-refractivity contribution in [2.75, 3.05) is 0 Å². The van der Waals surface area contributed by atoms with Gasteiger partial charge in [0.25, 0.3) is 0 Å². The molecule has 2 aromatic carbocycles. The van der Waals surface area contributed by atoms with Crippen LogP contribution in [0.5, 0.6) is 0 Å². The first kappa shape index (κ1) is 24.7. The lowest BCUT2D eigenvalue weighted by Gasteiger charge is -2.07. The van der Waals surface area contributed by atoms with Gasteiger partial charge in [0.05, 0.1) is 0 Å². The molecule has 0 spiro atoms. The van der Waals surface area contributed by atoms with E-state index in [0.29, 0.717) is 0 Å². The van der Waals surface area contributed by atoms with Gasteiger partial charge >= 0.3 is 0 Å². The van der Waals surface area contributed by atoms with Crippen molar-refractivity contribution in [3.63, 3.8) is 0 Å². The van der Waals surface area contributed by atoms with Gasteiger partial charge in [0.2, 0.25) is 0 Å². The average molecular weight is 329 g/mol. The van der Waals surface area contributed by atoms with E-state index >= 15 is 0 Å². The van der Waals surface area contributed by atoms with Crippen molar-refractivity contribution in [1.29, 1.82) is 0 Å². The number of hydrogen-bond donors (Lipinski definition) is 0. The van der Waals surface area contributed by atoms with Crippen LogP contribution in [-0.2, 0) is 12.8 Å². The fourth-order valence-electron chi connectivity index (χ4n) is 2.21. The van der Waals surface area contributed by atoms with Gasteiger partial charge in [0.1, 0.15) is 0 Å². The summed E-state index contributed by atoms with van der Waals surface area (Å²) in [6.07, 6.45) is 2.26. The van der Waals surface area contributed by atoms with Gasteiger partial charge in [-0.3, -0.25) is 0 Å². The molecule has 0 saturated heterocycles. The van der Waals surface area contributed by atoms with Crippen molar-refractivity contribution >= 4 is 0 Å². The topological polar surface area (TPSA) is 0 Å². The molecule has 0 nitrogen and oxygen atoms in total. The Morgan fingerprint density at radius 1 is 0.458 bits per heavy atom. The summed E-state index contributed by atoms with van der Waals surface area (Å²) in [6, 6.07) is 13.6. The quantitative estimate of drug-likeness (QED) is 0.539. The zero-order valence-corrected chi connectivity index (χ0v) is 17.9. The van der Waals surface area contributed by atoms with E-state index in [1.54, 1.807) is 0 Å². The molecule has 0 aliphatic rings. The summed E-state index contributed by atoms with van der Waals surface area (Å²) >= 11 is 0. The first-order chi connectivity index (χ1) is 11.6. The number of rotatable bonds is 3. The Morgan fingerprint density at radius 3 is 1.00 bits per heavy atom. The van der Waals surface area contributed by atoms with Gasteiger partial charge < -0.3 is 0 Å². The molecular weight excluding hydrogens is 288 g/mol. The van der Waals surface area contributed by atoms with Gasteiger partial charge in [-0.05, 0) is 73.9 Å². The molecule has 0 atom stereocenters. The minimum atomic E-state index is 1.13. The fourth-order valence-corrected chi connectivity index (χ4v) is 2.21.